The maximum Gasteiger partial charge on any atom is 0.400 e. The summed E-state index contributed by atoms with van der Waals surface area (Å²) in [7, 11) is -2.60. The fourth-order valence-electron chi connectivity index (χ4n) is 0.559. The smallest absolute Gasteiger partial charge is 0.400 e. The van der Waals surface area contributed by atoms with Crippen LogP contribution in [0.4, 0.5) is 0 Å². The fourth-order valence-corrected chi connectivity index (χ4v) is 1.03. The number of rotatable bonds is 0. The predicted molar refractivity (Wildman–Crippen MR) is 53.3 cm³/mol. The zero-order valence-corrected chi connectivity index (χ0v) is 9.80. The van der Waals surface area contributed by atoms with E-state index in [1.54, 1.807) is 20.8 Å². The van der Waals surface area contributed by atoms with Crippen molar-refractivity contribution in [3.63, 3.8) is 0 Å². The van der Waals surface area contributed by atoms with Gasteiger partial charge in [-0.1, -0.05) is 0 Å². The number of carbonyl (C=O) groups is 2. The molecule has 0 atom stereocenters. The second kappa shape index (κ2) is 4.08. The highest BCUT2D eigenvalue weighted by atomic mass is 32.2. The van der Waals surface area contributed by atoms with Gasteiger partial charge in [0.25, 0.3) is 0 Å². The van der Waals surface area contributed by atoms with Crippen LogP contribution in [0.3, 0.4) is 0 Å². The molecule has 0 aromatic rings. The molecule has 0 spiro atoms. The Morgan fingerprint density at radius 3 is 1.93 bits per heavy atom. The lowest BCUT2D eigenvalue weighted by Crippen LogP contribution is -2.28. The molecule has 1 amide bonds. The minimum Gasteiger partial charge on any atom is -0.453 e. The molecule has 0 saturated heterocycles. The van der Waals surface area contributed by atoms with E-state index in [0.717, 1.165) is 0 Å². The average molecular weight is 221 g/mol. The van der Waals surface area contributed by atoms with Crippen molar-refractivity contribution in [3.05, 3.63) is 0 Å². The molecule has 5 nitrogen and oxygen atoms in total. The second-order valence-corrected chi connectivity index (χ2v) is 6.62. The SMILES string of the molecule is CC(C)(C)OC(=O)C(=O)N=S(C)(C)=O. The van der Waals surface area contributed by atoms with Crippen LogP contribution >= 0.6 is 0 Å². The maximum atomic E-state index is 11.1. The topological polar surface area (TPSA) is 72.8 Å². The third-order valence-corrected chi connectivity index (χ3v) is 1.48. The first-order valence-electron chi connectivity index (χ1n) is 3.96. The summed E-state index contributed by atoms with van der Waals surface area (Å²) in [5, 5.41) is 0. The van der Waals surface area contributed by atoms with Gasteiger partial charge in [0.2, 0.25) is 0 Å². The van der Waals surface area contributed by atoms with E-state index in [4.69, 9.17) is 4.74 Å². The van der Waals surface area contributed by atoms with Gasteiger partial charge in [0.1, 0.15) is 5.60 Å². The molecule has 0 aromatic carbocycles. The quantitative estimate of drug-likeness (QED) is 0.443. The van der Waals surface area contributed by atoms with Crippen LogP contribution in [0.1, 0.15) is 20.8 Å². The Hall–Kier alpha value is -0.910. The standard InChI is InChI=1S/C8H15NO4S/c1-8(2,3)13-7(11)6(10)9-14(4,5)12/h1-5H3. The van der Waals surface area contributed by atoms with Crippen molar-refractivity contribution in [2.45, 2.75) is 26.4 Å². The summed E-state index contributed by atoms with van der Waals surface area (Å²) < 4.78 is 19.0. The molecule has 0 aliphatic carbocycles. The van der Waals surface area contributed by atoms with Crippen molar-refractivity contribution in [3.8, 4) is 0 Å². The first kappa shape index (κ1) is 13.1. The van der Waals surface area contributed by atoms with Crippen LogP contribution in [0.25, 0.3) is 0 Å². The molecule has 0 aliphatic rings. The Morgan fingerprint density at radius 2 is 1.64 bits per heavy atom. The molecule has 0 saturated carbocycles. The molecule has 0 rings (SSSR count). The van der Waals surface area contributed by atoms with E-state index < -0.39 is 27.2 Å². The van der Waals surface area contributed by atoms with Crippen LogP contribution in [0, 0.1) is 0 Å². The summed E-state index contributed by atoms with van der Waals surface area (Å²) in [6.45, 7) is 4.90. The van der Waals surface area contributed by atoms with Gasteiger partial charge in [-0.3, -0.25) is 4.79 Å². The summed E-state index contributed by atoms with van der Waals surface area (Å²) in [6.07, 6.45) is 2.55. The molecular formula is C8H15NO4S. The highest BCUT2D eigenvalue weighted by Crippen LogP contribution is 2.07. The summed E-state index contributed by atoms with van der Waals surface area (Å²) in [6, 6.07) is 0. The third kappa shape index (κ3) is 6.59. The van der Waals surface area contributed by atoms with Crippen LogP contribution < -0.4 is 0 Å². The summed E-state index contributed by atoms with van der Waals surface area (Å²) in [4.78, 5) is 22.1. The van der Waals surface area contributed by atoms with E-state index >= 15 is 0 Å². The summed E-state index contributed by atoms with van der Waals surface area (Å²) in [5.41, 5.74) is -0.745. The Morgan fingerprint density at radius 1 is 1.21 bits per heavy atom. The van der Waals surface area contributed by atoms with Gasteiger partial charge in [-0.05, 0) is 20.8 Å². The van der Waals surface area contributed by atoms with Crippen molar-refractivity contribution in [2.75, 3.05) is 12.5 Å². The first-order valence-corrected chi connectivity index (χ1v) is 6.29. The number of hydrogen-bond donors (Lipinski definition) is 0. The zero-order valence-electron chi connectivity index (χ0n) is 8.99. The van der Waals surface area contributed by atoms with Crippen LogP contribution in [0.15, 0.2) is 4.36 Å². The van der Waals surface area contributed by atoms with Crippen LogP contribution in [0.5, 0.6) is 0 Å². The van der Waals surface area contributed by atoms with E-state index in [1.807, 2.05) is 0 Å². The van der Waals surface area contributed by atoms with Gasteiger partial charge < -0.3 is 4.74 Å². The van der Waals surface area contributed by atoms with Gasteiger partial charge >= 0.3 is 11.9 Å². The van der Waals surface area contributed by atoms with Gasteiger partial charge in [0.05, 0.1) is 0 Å². The van der Waals surface area contributed by atoms with Crippen molar-refractivity contribution >= 4 is 21.6 Å². The van der Waals surface area contributed by atoms with Crippen molar-refractivity contribution in [1.82, 2.24) is 0 Å². The molecule has 0 bridgehead atoms. The van der Waals surface area contributed by atoms with E-state index in [2.05, 4.69) is 4.36 Å². The largest absolute Gasteiger partial charge is 0.453 e. The molecule has 0 aliphatic heterocycles. The summed E-state index contributed by atoms with van der Waals surface area (Å²) in [5.74, 6) is -2.18. The minimum absolute atomic E-state index is 0.745. The molecule has 0 N–H and O–H groups in total. The van der Waals surface area contributed by atoms with Crippen molar-refractivity contribution < 1.29 is 18.5 Å². The second-order valence-electron chi connectivity index (χ2n) is 4.08. The molecule has 6 heteroatoms. The van der Waals surface area contributed by atoms with Crippen LogP contribution in [-0.2, 0) is 24.1 Å². The van der Waals surface area contributed by atoms with Crippen molar-refractivity contribution in [1.29, 1.82) is 0 Å². The van der Waals surface area contributed by atoms with Crippen LogP contribution in [-0.4, -0.2) is 34.2 Å². The lowest BCUT2D eigenvalue weighted by Gasteiger charge is -2.17. The van der Waals surface area contributed by atoms with E-state index in [9.17, 15) is 13.8 Å². The number of hydrogen-bond acceptors (Lipinski definition) is 4. The van der Waals surface area contributed by atoms with Gasteiger partial charge in [-0.25, -0.2) is 9.00 Å². The van der Waals surface area contributed by atoms with Gasteiger partial charge in [-0.2, -0.15) is 4.36 Å². The molecule has 0 heterocycles. The normalized spacial score (nSPS) is 12.1. The summed E-state index contributed by atoms with van der Waals surface area (Å²) >= 11 is 0. The number of esters is 1. The Balaban J connectivity index is 4.61. The highest BCUT2D eigenvalue weighted by Gasteiger charge is 2.22. The Labute approximate surface area is 84.0 Å². The van der Waals surface area contributed by atoms with E-state index in [1.165, 1.54) is 12.5 Å². The van der Waals surface area contributed by atoms with Gasteiger partial charge in [-0.15, -0.1) is 0 Å². The van der Waals surface area contributed by atoms with Crippen LogP contribution in [0.2, 0.25) is 0 Å². The zero-order chi connectivity index (χ0) is 11.6. The first-order chi connectivity index (χ1) is 6.01. The lowest BCUT2D eigenvalue weighted by atomic mass is 10.2. The monoisotopic (exact) mass is 221 g/mol. The number of ether oxygens (including phenoxy) is 1. The van der Waals surface area contributed by atoms with Crippen molar-refractivity contribution in [2.24, 2.45) is 4.36 Å². The molecule has 0 fully saturated rings. The Bertz CT molecular complexity index is 350. The van der Waals surface area contributed by atoms with E-state index in [-0.39, 0.29) is 0 Å². The maximum absolute atomic E-state index is 11.1. The number of carbonyl (C=O) groups excluding carboxylic acids is 2. The fraction of sp³-hybridized carbons (Fsp3) is 0.750. The molecule has 0 unspecified atom stereocenters. The molecule has 14 heavy (non-hydrogen) atoms. The Kier molecular flexibility index (Phi) is 3.81. The minimum atomic E-state index is -2.60. The highest BCUT2D eigenvalue weighted by molar-refractivity contribution is 7.92. The molecule has 0 radical (unpaired) electrons. The van der Waals surface area contributed by atoms with E-state index in [0.29, 0.717) is 0 Å². The lowest BCUT2D eigenvalue weighted by molar-refractivity contribution is -0.161. The molecular weight excluding hydrogens is 206 g/mol. The predicted octanol–water partition coefficient (Wildman–Crippen LogP) is 0.582. The molecule has 82 valence electrons. The van der Waals surface area contributed by atoms with Gasteiger partial charge in [0.15, 0.2) is 0 Å². The average Bonchev–Trinajstić information content (AvgIpc) is 1.78. The molecule has 0 aromatic heterocycles. The number of nitrogens with zero attached hydrogens (tertiary/aromatic N) is 1. The number of amides is 1. The van der Waals surface area contributed by atoms with Gasteiger partial charge in [0, 0.05) is 22.2 Å². The third-order valence-electron chi connectivity index (χ3n) is 0.876.